The standard InChI is InChI=1S/C32H36N8O3/c1-8-39-27(41)22-19-34-28(37-26(22)40(39)25-11-9-10-24(36-25)32(33-7)15-16-32)35-21-12-13-23-20(18-21)14-17-38(31(23,5)6)29(42)43-30(2,3)4/h9-13,18-19H,8,14-17H2,1-6H3,(H,34,35,37). The number of pyridine rings is 1. The molecular weight excluding hydrogens is 544 g/mol. The molecule has 1 aliphatic heterocycles. The maximum Gasteiger partial charge on any atom is 0.411 e. The molecular formula is C32H36N8O3. The van der Waals surface area contributed by atoms with Crippen LogP contribution in [0.25, 0.3) is 21.7 Å². The molecule has 0 radical (unpaired) electrons. The maximum absolute atomic E-state index is 13.3. The van der Waals surface area contributed by atoms with E-state index in [9.17, 15) is 9.59 Å². The van der Waals surface area contributed by atoms with Gasteiger partial charge in [-0.2, -0.15) is 4.98 Å². The van der Waals surface area contributed by atoms with Gasteiger partial charge in [-0.1, -0.05) is 12.1 Å². The summed E-state index contributed by atoms with van der Waals surface area (Å²) in [4.78, 5) is 45.9. The number of nitrogens with one attached hydrogen (secondary N) is 1. The SMILES string of the molecule is [C-]#[N+]C1(c2cccc(-n3c4nc(Nc5ccc6c(c5)CCN(C(=O)OC(C)(C)C)C6(C)C)ncc4c(=O)n3CC)n2)CC1. The lowest BCUT2D eigenvalue weighted by Crippen LogP contribution is -2.51. The number of ether oxygens (including phenoxy) is 1. The number of hydrogen-bond acceptors (Lipinski definition) is 7. The number of fused-ring (bicyclic) bond motifs is 2. The van der Waals surface area contributed by atoms with E-state index in [1.54, 1.807) is 20.5 Å². The van der Waals surface area contributed by atoms with Crippen molar-refractivity contribution in [1.82, 2.24) is 29.2 Å². The molecule has 1 saturated carbocycles. The molecule has 1 amide bonds. The van der Waals surface area contributed by atoms with Crippen LogP contribution in [0.4, 0.5) is 16.4 Å². The largest absolute Gasteiger partial charge is 0.444 e. The van der Waals surface area contributed by atoms with Crippen molar-refractivity contribution in [2.45, 2.75) is 84.0 Å². The Balaban J connectivity index is 1.33. The molecule has 1 fully saturated rings. The van der Waals surface area contributed by atoms with Gasteiger partial charge < -0.3 is 14.9 Å². The first-order valence-electron chi connectivity index (χ1n) is 14.6. The van der Waals surface area contributed by atoms with Crippen LogP contribution in [0, 0.1) is 6.57 Å². The number of carbonyl (C=O) groups excluding carboxylic acids is 1. The Bertz CT molecular complexity index is 1850. The lowest BCUT2D eigenvalue weighted by Gasteiger charge is -2.44. The molecule has 6 rings (SSSR count). The molecule has 1 aromatic carbocycles. The number of hydrogen-bond donors (Lipinski definition) is 1. The van der Waals surface area contributed by atoms with Gasteiger partial charge in [-0.3, -0.25) is 9.69 Å². The summed E-state index contributed by atoms with van der Waals surface area (Å²) in [5, 5.41) is 3.70. The predicted molar refractivity (Wildman–Crippen MR) is 164 cm³/mol. The van der Waals surface area contributed by atoms with E-state index in [1.807, 2.05) is 71.9 Å². The van der Waals surface area contributed by atoms with Crippen molar-refractivity contribution < 1.29 is 9.53 Å². The van der Waals surface area contributed by atoms with Crippen LogP contribution in [0.5, 0.6) is 0 Å². The Kier molecular flexibility index (Phi) is 6.56. The van der Waals surface area contributed by atoms with Crippen LogP contribution in [0.2, 0.25) is 0 Å². The first kappa shape index (κ1) is 28.4. The Morgan fingerprint density at radius 1 is 1.16 bits per heavy atom. The first-order chi connectivity index (χ1) is 20.4. The van der Waals surface area contributed by atoms with E-state index in [2.05, 4.69) is 21.2 Å². The van der Waals surface area contributed by atoms with Gasteiger partial charge in [0, 0.05) is 37.8 Å². The molecule has 11 nitrogen and oxygen atoms in total. The molecule has 222 valence electrons. The van der Waals surface area contributed by atoms with Gasteiger partial charge in [-0.15, -0.1) is 0 Å². The van der Waals surface area contributed by atoms with Crippen molar-refractivity contribution in [2.24, 2.45) is 0 Å². The monoisotopic (exact) mass is 580 g/mol. The molecule has 11 heteroatoms. The van der Waals surface area contributed by atoms with Gasteiger partial charge in [0.15, 0.2) is 11.5 Å². The third-order valence-corrected chi connectivity index (χ3v) is 8.25. The van der Waals surface area contributed by atoms with Crippen molar-refractivity contribution in [1.29, 1.82) is 0 Å². The molecule has 0 bridgehead atoms. The van der Waals surface area contributed by atoms with Gasteiger partial charge >= 0.3 is 6.09 Å². The van der Waals surface area contributed by atoms with Gasteiger partial charge in [0.1, 0.15) is 16.7 Å². The van der Waals surface area contributed by atoms with Gasteiger partial charge in [-0.05, 0) is 83.4 Å². The topological polar surface area (TPSA) is 112 Å². The molecule has 43 heavy (non-hydrogen) atoms. The predicted octanol–water partition coefficient (Wildman–Crippen LogP) is 5.68. The van der Waals surface area contributed by atoms with Crippen LogP contribution >= 0.6 is 0 Å². The van der Waals surface area contributed by atoms with Crippen molar-refractivity contribution in [3.05, 3.63) is 81.2 Å². The second-order valence-corrected chi connectivity index (χ2v) is 12.7. The molecule has 0 unspecified atom stereocenters. The third kappa shape index (κ3) is 4.90. The van der Waals surface area contributed by atoms with Crippen LogP contribution in [0.1, 0.15) is 71.2 Å². The summed E-state index contributed by atoms with van der Waals surface area (Å²) in [6.07, 6.45) is 3.47. The van der Waals surface area contributed by atoms with E-state index in [-0.39, 0.29) is 11.7 Å². The fourth-order valence-electron chi connectivity index (χ4n) is 5.85. The summed E-state index contributed by atoms with van der Waals surface area (Å²) in [6.45, 7) is 20.2. The molecule has 4 heterocycles. The highest BCUT2D eigenvalue weighted by Crippen LogP contribution is 2.48. The second kappa shape index (κ2) is 9.93. The molecule has 2 aliphatic rings. The summed E-state index contributed by atoms with van der Waals surface area (Å²) < 4.78 is 8.98. The molecule has 3 aromatic heterocycles. The first-order valence-corrected chi connectivity index (χ1v) is 14.6. The highest BCUT2D eigenvalue weighted by Gasteiger charge is 2.54. The normalized spacial score (nSPS) is 16.8. The maximum atomic E-state index is 13.3. The van der Waals surface area contributed by atoms with Crippen LogP contribution in [-0.4, -0.2) is 47.5 Å². The summed E-state index contributed by atoms with van der Waals surface area (Å²) in [5.74, 6) is 0.882. The van der Waals surface area contributed by atoms with Crippen LogP contribution < -0.4 is 10.9 Å². The smallest absolute Gasteiger partial charge is 0.411 e. The number of anilines is 2. The van der Waals surface area contributed by atoms with Gasteiger partial charge in [0.2, 0.25) is 5.95 Å². The third-order valence-electron chi connectivity index (χ3n) is 8.25. The van der Waals surface area contributed by atoms with Crippen molar-refractivity contribution in [3.8, 4) is 5.82 Å². The lowest BCUT2D eigenvalue weighted by molar-refractivity contribution is -0.000301. The Morgan fingerprint density at radius 3 is 2.60 bits per heavy atom. The quantitative estimate of drug-likeness (QED) is 0.303. The second-order valence-electron chi connectivity index (χ2n) is 12.7. The number of benzene rings is 1. The fraction of sp³-hybridized carbons (Fsp3) is 0.438. The number of rotatable bonds is 5. The van der Waals surface area contributed by atoms with Crippen molar-refractivity contribution in [2.75, 3.05) is 11.9 Å². The number of aromatic nitrogens is 5. The number of amides is 1. The summed E-state index contributed by atoms with van der Waals surface area (Å²) in [6, 6.07) is 11.6. The molecule has 0 spiro atoms. The zero-order chi connectivity index (χ0) is 30.7. The fourth-order valence-corrected chi connectivity index (χ4v) is 5.85. The minimum Gasteiger partial charge on any atom is -0.444 e. The lowest BCUT2D eigenvalue weighted by atomic mass is 9.83. The summed E-state index contributed by atoms with van der Waals surface area (Å²) >= 11 is 0. The number of nitrogens with zero attached hydrogens (tertiary/aromatic N) is 7. The van der Waals surface area contributed by atoms with Crippen molar-refractivity contribution in [3.63, 3.8) is 0 Å². The van der Waals surface area contributed by atoms with Gasteiger partial charge in [-0.25, -0.2) is 30.7 Å². The molecule has 0 saturated heterocycles. The minimum atomic E-state index is -0.568. The van der Waals surface area contributed by atoms with Crippen molar-refractivity contribution >= 4 is 28.8 Å². The van der Waals surface area contributed by atoms with Crippen LogP contribution in [0.3, 0.4) is 0 Å². The average Bonchev–Trinajstić information content (AvgIpc) is 3.71. The molecule has 0 atom stereocenters. The van der Waals surface area contributed by atoms with E-state index < -0.39 is 16.7 Å². The van der Waals surface area contributed by atoms with E-state index in [4.69, 9.17) is 21.3 Å². The Labute approximate surface area is 250 Å². The van der Waals surface area contributed by atoms with Crippen LogP contribution in [-0.2, 0) is 28.8 Å². The van der Waals surface area contributed by atoms with E-state index in [0.29, 0.717) is 48.0 Å². The van der Waals surface area contributed by atoms with Gasteiger partial charge in [0.25, 0.3) is 11.1 Å². The molecule has 4 aromatic rings. The Hall–Kier alpha value is -4.72. The highest BCUT2D eigenvalue weighted by atomic mass is 16.6. The zero-order valence-electron chi connectivity index (χ0n) is 25.4. The van der Waals surface area contributed by atoms with E-state index in [1.165, 1.54) is 0 Å². The Morgan fingerprint density at radius 2 is 1.93 bits per heavy atom. The van der Waals surface area contributed by atoms with Crippen LogP contribution in [0.15, 0.2) is 47.4 Å². The summed E-state index contributed by atoms with van der Waals surface area (Å²) in [5.41, 5.74) is 2.25. The molecule has 1 aliphatic carbocycles. The minimum absolute atomic E-state index is 0.201. The average molecular weight is 581 g/mol. The molecule has 1 N–H and O–H groups in total. The summed E-state index contributed by atoms with van der Waals surface area (Å²) in [7, 11) is 0. The van der Waals surface area contributed by atoms with Gasteiger partial charge in [0.05, 0.1) is 5.54 Å². The zero-order valence-corrected chi connectivity index (χ0v) is 25.4. The van der Waals surface area contributed by atoms with E-state index in [0.717, 1.165) is 29.7 Å². The highest BCUT2D eigenvalue weighted by molar-refractivity contribution is 5.77. The van der Waals surface area contributed by atoms with E-state index >= 15 is 0 Å². The number of carbonyl (C=O) groups is 1.